The van der Waals surface area contributed by atoms with Gasteiger partial charge in [0.2, 0.25) is 5.91 Å². The van der Waals surface area contributed by atoms with Gasteiger partial charge >= 0.3 is 5.97 Å². The summed E-state index contributed by atoms with van der Waals surface area (Å²) >= 11 is 0. The standard InChI is InChI=1S/C13H23NO5S/c1-9(20(5,17)18)11(15)14-8-6-7-10(14)12(16)19-13(2,3)4/h9-10H,6-8H2,1-5H3/t9?,10-/m0/s1. The minimum Gasteiger partial charge on any atom is -0.458 e. The van der Waals surface area contributed by atoms with Gasteiger partial charge in [-0.3, -0.25) is 4.79 Å². The first kappa shape index (κ1) is 16.9. The topological polar surface area (TPSA) is 80.8 Å². The summed E-state index contributed by atoms with van der Waals surface area (Å²) in [5.41, 5.74) is -0.628. The van der Waals surface area contributed by atoms with Crippen LogP contribution in [0.3, 0.4) is 0 Å². The summed E-state index contributed by atoms with van der Waals surface area (Å²) in [7, 11) is -3.47. The lowest BCUT2D eigenvalue weighted by atomic mass is 10.1. The van der Waals surface area contributed by atoms with Crippen molar-refractivity contribution in [2.24, 2.45) is 0 Å². The molecular weight excluding hydrogens is 282 g/mol. The molecule has 1 fully saturated rings. The number of likely N-dealkylation sites (tertiary alicyclic amines) is 1. The van der Waals surface area contributed by atoms with E-state index in [0.717, 1.165) is 6.26 Å². The van der Waals surface area contributed by atoms with Crippen LogP contribution in [-0.2, 0) is 24.2 Å². The fourth-order valence-corrected chi connectivity index (χ4v) is 2.56. The molecule has 7 heteroatoms. The Hall–Kier alpha value is -1.11. The average molecular weight is 305 g/mol. The van der Waals surface area contributed by atoms with Crippen molar-refractivity contribution in [3.8, 4) is 0 Å². The maximum atomic E-state index is 12.2. The third kappa shape index (κ3) is 4.19. The zero-order valence-electron chi connectivity index (χ0n) is 12.7. The number of carbonyl (C=O) groups is 2. The van der Waals surface area contributed by atoms with Gasteiger partial charge in [0.25, 0.3) is 0 Å². The summed E-state index contributed by atoms with van der Waals surface area (Å²) < 4.78 is 28.2. The Labute approximate surface area is 120 Å². The lowest BCUT2D eigenvalue weighted by Crippen LogP contribution is -2.48. The lowest BCUT2D eigenvalue weighted by molar-refractivity contribution is -0.163. The Bertz CT molecular complexity index is 491. The van der Waals surface area contributed by atoms with Crippen LogP contribution in [0.5, 0.6) is 0 Å². The van der Waals surface area contributed by atoms with Crippen LogP contribution in [-0.4, -0.2) is 54.9 Å². The first-order valence-electron chi connectivity index (χ1n) is 6.65. The van der Waals surface area contributed by atoms with Gasteiger partial charge in [0.15, 0.2) is 9.84 Å². The third-order valence-corrected chi connectivity index (χ3v) is 4.69. The molecule has 0 aromatic heterocycles. The molecule has 116 valence electrons. The van der Waals surface area contributed by atoms with Gasteiger partial charge in [-0.1, -0.05) is 0 Å². The summed E-state index contributed by atoms with van der Waals surface area (Å²) in [6.45, 7) is 7.01. The van der Waals surface area contributed by atoms with Crippen LogP contribution in [0.2, 0.25) is 0 Å². The highest BCUT2D eigenvalue weighted by Crippen LogP contribution is 2.23. The molecule has 0 aromatic rings. The van der Waals surface area contributed by atoms with E-state index >= 15 is 0 Å². The molecule has 0 aromatic carbocycles. The first-order chi connectivity index (χ1) is 8.93. The molecule has 1 saturated heterocycles. The number of esters is 1. The van der Waals surface area contributed by atoms with Crippen molar-refractivity contribution >= 4 is 21.7 Å². The summed E-state index contributed by atoms with van der Waals surface area (Å²) in [6.07, 6.45) is 2.21. The number of hydrogen-bond acceptors (Lipinski definition) is 5. The molecule has 0 N–H and O–H groups in total. The second-order valence-electron chi connectivity index (χ2n) is 6.19. The van der Waals surface area contributed by atoms with Gasteiger partial charge in [-0.2, -0.15) is 0 Å². The predicted molar refractivity (Wildman–Crippen MR) is 74.9 cm³/mol. The van der Waals surface area contributed by atoms with Gasteiger partial charge in [0.05, 0.1) is 0 Å². The number of ether oxygens (including phenoxy) is 1. The largest absolute Gasteiger partial charge is 0.458 e. The molecular formula is C13H23NO5S. The van der Waals surface area contributed by atoms with Crippen LogP contribution in [0.1, 0.15) is 40.5 Å². The Morgan fingerprint density at radius 2 is 1.85 bits per heavy atom. The van der Waals surface area contributed by atoms with E-state index in [4.69, 9.17) is 4.74 Å². The molecule has 1 aliphatic heterocycles. The summed E-state index contributed by atoms with van der Waals surface area (Å²) in [5, 5.41) is -1.13. The van der Waals surface area contributed by atoms with E-state index in [2.05, 4.69) is 0 Å². The SMILES string of the molecule is CC(C(=O)N1CCC[C@H]1C(=O)OC(C)(C)C)S(C)(=O)=O. The van der Waals surface area contributed by atoms with E-state index < -0.39 is 38.6 Å². The molecule has 0 aliphatic carbocycles. The van der Waals surface area contributed by atoms with Crippen LogP contribution in [0.4, 0.5) is 0 Å². The Morgan fingerprint density at radius 3 is 2.30 bits per heavy atom. The molecule has 1 aliphatic rings. The van der Waals surface area contributed by atoms with Crippen molar-refractivity contribution in [3.63, 3.8) is 0 Å². The number of rotatable bonds is 3. The number of nitrogens with zero attached hydrogens (tertiary/aromatic N) is 1. The monoisotopic (exact) mass is 305 g/mol. The van der Waals surface area contributed by atoms with Gasteiger partial charge in [0, 0.05) is 12.8 Å². The summed E-state index contributed by atoms with van der Waals surface area (Å²) in [5.74, 6) is -0.995. The minimum absolute atomic E-state index is 0.391. The fraction of sp³-hybridized carbons (Fsp3) is 0.846. The van der Waals surface area contributed by atoms with E-state index in [1.807, 2.05) is 0 Å². The fourth-order valence-electron chi connectivity index (χ4n) is 2.06. The number of hydrogen-bond donors (Lipinski definition) is 0. The zero-order chi connectivity index (χ0) is 15.7. The normalized spacial score (nSPS) is 21.6. The summed E-state index contributed by atoms with van der Waals surface area (Å²) in [4.78, 5) is 25.6. The maximum absolute atomic E-state index is 12.2. The average Bonchev–Trinajstić information content (AvgIpc) is 2.72. The van der Waals surface area contributed by atoms with Crippen molar-refractivity contribution < 1.29 is 22.7 Å². The molecule has 1 rings (SSSR count). The Kier molecular flexibility index (Phi) is 4.84. The Balaban J connectivity index is 2.85. The van der Waals surface area contributed by atoms with Crippen molar-refractivity contribution in [2.75, 3.05) is 12.8 Å². The van der Waals surface area contributed by atoms with Crippen molar-refractivity contribution in [2.45, 2.75) is 57.4 Å². The molecule has 20 heavy (non-hydrogen) atoms. The Morgan fingerprint density at radius 1 is 1.30 bits per heavy atom. The molecule has 0 bridgehead atoms. The van der Waals surface area contributed by atoms with Gasteiger partial charge in [0.1, 0.15) is 16.9 Å². The lowest BCUT2D eigenvalue weighted by Gasteiger charge is -2.28. The molecule has 6 nitrogen and oxygen atoms in total. The van der Waals surface area contributed by atoms with Crippen LogP contribution < -0.4 is 0 Å². The van der Waals surface area contributed by atoms with E-state index in [9.17, 15) is 18.0 Å². The highest BCUT2D eigenvalue weighted by atomic mass is 32.2. The van der Waals surface area contributed by atoms with E-state index in [1.165, 1.54) is 11.8 Å². The smallest absolute Gasteiger partial charge is 0.329 e. The maximum Gasteiger partial charge on any atom is 0.329 e. The van der Waals surface area contributed by atoms with Gasteiger partial charge in [-0.05, 0) is 40.5 Å². The molecule has 2 atom stereocenters. The number of amides is 1. The van der Waals surface area contributed by atoms with Gasteiger partial charge in [-0.25, -0.2) is 13.2 Å². The molecule has 1 heterocycles. The van der Waals surface area contributed by atoms with E-state index in [1.54, 1.807) is 20.8 Å². The number of sulfone groups is 1. The molecule has 0 spiro atoms. The highest BCUT2D eigenvalue weighted by molar-refractivity contribution is 7.92. The molecule has 1 amide bonds. The number of carbonyl (C=O) groups excluding carboxylic acids is 2. The van der Waals surface area contributed by atoms with E-state index in [-0.39, 0.29) is 0 Å². The van der Waals surface area contributed by atoms with Crippen LogP contribution in [0.15, 0.2) is 0 Å². The van der Waals surface area contributed by atoms with Gasteiger partial charge in [-0.15, -0.1) is 0 Å². The second kappa shape index (κ2) is 5.71. The van der Waals surface area contributed by atoms with Crippen LogP contribution in [0, 0.1) is 0 Å². The quantitative estimate of drug-likeness (QED) is 0.719. The third-order valence-electron chi connectivity index (χ3n) is 3.20. The van der Waals surface area contributed by atoms with Crippen LogP contribution in [0.25, 0.3) is 0 Å². The van der Waals surface area contributed by atoms with E-state index in [0.29, 0.717) is 19.4 Å². The van der Waals surface area contributed by atoms with Crippen LogP contribution >= 0.6 is 0 Å². The second-order valence-corrected chi connectivity index (χ2v) is 8.56. The molecule has 0 radical (unpaired) electrons. The zero-order valence-corrected chi connectivity index (χ0v) is 13.5. The first-order valence-corrected chi connectivity index (χ1v) is 8.61. The summed E-state index contributed by atoms with van der Waals surface area (Å²) in [6, 6.07) is -0.675. The van der Waals surface area contributed by atoms with Crippen molar-refractivity contribution in [1.29, 1.82) is 0 Å². The highest BCUT2D eigenvalue weighted by Gasteiger charge is 2.40. The van der Waals surface area contributed by atoms with Crippen molar-refractivity contribution in [1.82, 2.24) is 4.90 Å². The van der Waals surface area contributed by atoms with Gasteiger partial charge < -0.3 is 9.64 Å². The minimum atomic E-state index is -3.47. The molecule has 1 unspecified atom stereocenters. The predicted octanol–water partition coefficient (Wildman–Crippen LogP) is 0.752. The van der Waals surface area contributed by atoms with Crippen molar-refractivity contribution in [3.05, 3.63) is 0 Å². The molecule has 0 saturated carbocycles.